The Morgan fingerprint density at radius 2 is 0.500 bits per heavy atom. The van der Waals surface area contributed by atoms with Crippen LogP contribution in [0.25, 0.3) is 0 Å². The van der Waals surface area contributed by atoms with Crippen LogP contribution < -0.4 is 29.8 Å². The molecule has 0 fully saturated rings. The number of carboxylic acid groups (broad SMARTS) is 2. The largest absolute Gasteiger partial charge is 0.543 e. The summed E-state index contributed by atoms with van der Waals surface area (Å²) in [6, 6.07) is 56.2. The Kier molecular flexibility index (Phi) is 15.0. The number of carbonyl (C=O) groups is 2. The third-order valence-corrected chi connectivity index (χ3v) is 8.98. The van der Waals surface area contributed by atoms with Gasteiger partial charge in [0.1, 0.15) is 0 Å². The minimum Gasteiger partial charge on any atom is -0.543 e. The fourth-order valence-corrected chi connectivity index (χ4v) is 5.91. The van der Waals surface area contributed by atoms with Gasteiger partial charge in [-0.25, -0.2) is 0 Å². The maximum Gasteiger partial charge on any atom is 0.0870 e. The normalized spacial score (nSPS) is 10.1. The van der Waals surface area contributed by atoms with E-state index in [0.29, 0.717) is 0 Å². The summed E-state index contributed by atoms with van der Waals surface area (Å²) >= 11 is 0. The van der Waals surface area contributed by atoms with Crippen molar-refractivity contribution in [2.24, 2.45) is 0 Å². The summed E-state index contributed by atoms with van der Waals surface area (Å²) in [6.07, 6.45) is 0. The predicted octanol–water partition coefficient (Wildman–Crippen LogP) is 6.16. The lowest BCUT2D eigenvalue weighted by molar-refractivity contribution is -0.345. The molecule has 0 aliphatic rings. The number of hydrogen-bond acceptors (Lipinski definition) is 8. The SMILES string of the molecule is CN(C)c1ccc([C+](c2ccccc2)c2ccc(N(C)C)cc2)cc1.CN(C)c1ccc([C+](c2ccccc2)c2ccc(N(C)C)cc2)cc1.O=C([O-])C(=O)[O-]. The van der Waals surface area contributed by atoms with Gasteiger partial charge in [0.25, 0.3) is 0 Å². The van der Waals surface area contributed by atoms with Gasteiger partial charge < -0.3 is 39.4 Å². The molecule has 0 saturated carbocycles. The van der Waals surface area contributed by atoms with E-state index in [1.54, 1.807) is 0 Å². The summed E-state index contributed by atoms with van der Waals surface area (Å²) in [5.74, 6) is -1.85. The summed E-state index contributed by atoms with van der Waals surface area (Å²) in [6.45, 7) is 0. The molecule has 0 atom stereocenters. The first-order valence-corrected chi connectivity index (χ1v) is 18.1. The average Bonchev–Trinajstić information content (AvgIpc) is 3.20. The molecule has 286 valence electrons. The van der Waals surface area contributed by atoms with Crippen molar-refractivity contribution in [3.8, 4) is 0 Å². The second-order valence-corrected chi connectivity index (χ2v) is 13.8. The maximum atomic E-state index is 8.93. The van der Waals surface area contributed by atoms with Gasteiger partial charge >= 0.3 is 0 Å². The Bertz CT molecular complexity index is 1820. The molecule has 0 unspecified atom stereocenters. The number of benzene rings is 6. The lowest BCUT2D eigenvalue weighted by Gasteiger charge is -2.17. The number of rotatable bonds is 10. The van der Waals surface area contributed by atoms with Crippen LogP contribution in [0.1, 0.15) is 33.4 Å². The summed E-state index contributed by atoms with van der Waals surface area (Å²) in [5, 5.41) is 17.9. The molecule has 0 heterocycles. The van der Waals surface area contributed by atoms with Crippen LogP contribution in [0.2, 0.25) is 0 Å². The lowest BCUT2D eigenvalue weighted by Crippen LogP contribution is -2.42. The highest BCUT2D eigenvalue weighted by molar-refractivity contribution is 6.25. The highest BCUT2D eigenvalue weighted by Gasteiger charge is 2.24. The number of aliphatic carboxylic acids is 2. The van der Waals surface area contributed by atoms with E-state index in [0.717, 1.165) is 0 Å². The van der Waals surface area contributed by atoms with Crippen molar-refractivity contribution in [1.29, 1.82) is 0 Å². The molecule has 56 heavy (non-hydrogen) atoms. The van der Waals surface area contributed by atoms with Crippen LogP contribution in [-0.2, 0) is 9.59 Å². The second-order valence-electron chi connectivity index (χ2n) is 13.8. The average molecular weight is 747 g/mol. The molecule has 6 aromatic rings. The van der Waals surface area contributed by atoms with Crippen LogP contribution in [0.4, 0.5) is 22.7 Å². The summed E-state index contributed by atoms with van der Waals surface area (Å²) in [5.41, 5.74) is 12.2. The first-order chi connectivity index (χ1) is 26.8. The summed E-state index contributed by atoms with van der Waals surface area (Å²) < 4.78 is 0. The lowest BCUT2D eigenvalue weighted by atomic mass is 9.85. The van der Waals surface area contributed by atoms with Crippen LogP contribution in [0, 0.1) is 11.8 Å². The molecule has 8 nitrogen and oxygen atoms in total. The van der Waals surface area contributed by atoms with E-state index >= 15 is 0 Å². The molecule has 0 saturated heterocycles. The van der Waals surface area contributed by atoms with Gasteiger partial charge in [-0.1, -0.05) is 12.1 Å². The molecule has 0 spiro atoms. The van der Waals surface area contributed by atoms with E-state index in [9.17, 15) is 0 Å². The topological polar surface area (TPSA) is 93.2 Å². The predicted molar refractivity (Wildman–Crippen MR) is 227 cm³/mol. The van der Waals surface area contributed by atoms with Crippen LogP contribution in [0.15, 0.2) is 158 Å². The van der Waals surface area contributed by atoms with Crippen LogP contribution in [0.5, 0.6) is 0 Å². The second kappa shape index (κ2) is 20.0. The molecule has 6 aromatic carbocycles. The minimum atomic E-state index is -2.19. The molecule has 0 aliphatic heterocycles. The van der Waals surface area contributed by atoms with Crippen molar-refractivity contribution in [3.05, 3.63) is 203 Å². The smallest absolute Gasteiger partial charge is 0.0870 e. The van der Waals surface area contributed by atoms with E-state index in [4.69, 9.17) is 19.8 Å². The Morgan fingerprint density at radius 3 is 0.661 bits per heavy atom. The fourth-order valence-electron chi connectivity index (χ4n) is 5.91. The Morgan fingerprint density at radius 1 is 0.321 bits per heavy atom. The number of carboxylic acids is 2. The zero-order chi connectivity index (χ0) is 40.8. The maximum absolute atomic E-state index is 8.93. The molecule has 0 radical (unpaired) electrons. The van der Waals surface area contributed by atoms with Crippen molar-refractivity contribution in [2.45, 2.75) is 0 Å². The third kappa shape index (κ3) is 11.6. The molecular formula is C48H50N4O4. The van der Waals surface area contributed by atoms with Crippen molar-refractivity contribution in [1.82, 2.24) is 0 Å². The van der Waals surface area contributed by atoms with E-state index < -0.39 is 11.9 Å². The van der Waals surface area contributed by atoms with Crippen molar-refractivity contribution >= 4 is 34.7 Å². The summed E-state index contributed by atoms with van der Waals surface area (Å²) in [7, 11) is 16.5. The van der Waals surface area contributed by atoms with Crippen LogP contribution in [-0.4, -0.2) is 68.3 Å². The third-order valence-electron chi connectivity index (χ3n) is 8.98. The summed E-state index contributed by atoms with van der Waals surface area (Å²) in [4.78, 5) is 26.3. The standard InChI is InChI=1S/2C23H25N2.C2H2O4/c2*1-24(2)21-14-10-19(11-15-21)23(18-8-6-5-7-9-18)20-12-16-22(17-13-20)25(3)4;3-1(4)2(5)6/h2*5-17H,1-4H3;(H,3,4)(H,5,6)/q2*+1;/p-2. The molecular weight excluding hydrogens is 697 g/mol. The van der Waals surface area contributed by atoms with E-state index in [1.165, 1.54) is 68.0 Å². The number of nitrogens with zero attached hydrogens (tertiary/aromatic N) is 4. The Balaban J connectivity index is 0.000000217. The van der Waals surface area contributed by atoms with Gasteiger partial charge in [-0.3, -0.25) is 0 Å². The molecule has 8 heteroatoms. The van der Waals surface area contributed by atoms with Crippen molar-refractivity contribution < 1.29 is 19.8 Å². The van der Waals surface area contributed by atoms with Gasteiger partial charge in [-0.2, -0.15) is 0 Å². The molecule has 0 amide bonds. The van der Waals surface area contributed by atoms with E-state index in [2.05, 4.69) is 234 Å². The van der Waals surface area contributed by atoms with Gasteiger partial charge in [-0.05, 0) is 146 Å². The van der Waals surface area contributed by atoms with Crippen molar-refractivity contribution in [3.63, 3.8) is 0 Å². The monoisotopic (exact) mass is 746 g/mol. The van der Waals surface area contributed by atoms with Crippen LogP contribution in [0.3, 0.4) is 0 Å². The highest BCUT2D eigenvalue weighted by atomic mass is 16.4. The minimum absolute atomic E-state index is 1.21. The quantitative estimate of drug-likeness (QED) is 0.0936. The zero-order valence-electron chi connectivity index (χ0n) is 33.4. The van der Waals surface area contributed by atoms with Gasteiger partial charge in [0, 0.05) is 79.1 Å². The fraction of sp³-hybridized carbons (Fsp3) is 0.167. The Labute approximate surface area is 332 Å². The molecule has 0 aliphatic carbocycles. The first-order valence-electron chi connectivity index (χ1n) is 18.1. The van der Waals surface area contributed by atoms with Gasteiger partial charge in [0.15, 0.2) is 0 Å². The molecule has 0 N–H and O–H groups in total. The molecule has 0 aromatic heterocycles. The zero-order valence-corrected chi connectivity index (χ0v) is 33.4. The van der Waals surface area contributed by atoms with Gasteiger partial charge in [-0.15, -0.1) is 0 Å². The van der Waals surface area contributed by atoms with E-state index in [1.807, 2.05) is 0 Å². The van der Waals surface area contributed by atoms with Crippen molar-refractivity contribution in [2.75, 3.05) is 76.0 Å². The van der Waals surface area contributed by atoms with Crippen LogP contribution >= 0.6 is 0 Å². The van der Waals surface area contributed by atoms with E-state index in [-0.39, 0.29) is 0 Å². The highest BCUT2D eigenvalue weighted by Crippen LogP contribution is 2.34. The molecule has 6 rings (SSSR count). The number of hydrogen-bond donors (Lipinski definition) is 0. The molecule has 0 bridgehead atoms. The first kappa shape index (κ1) is 41.9. The van der Waals surface area contributed by atoms with Gasteiger partial charge in [0.05, 0.1) is 57.2 Å². The number of carbonyl (C=O) groups excluding carboxylic acids is 2. The number of anilines is 4. The Hall–Kier alpha value is -6.80. The van der Waals surface area contributed by atoms with Gasteiger partial charge in [0.2, 0.25) is 0 Å².